The predicted octanol–water partition coefficient (Wildman–Crippen LogP) is 3.02. The lowest BCUT2D eigenvalue weighted by Crippen LogP contribution is -2.03. The lowest BCUT2D eigenvalue weighted by atomic mass is 10.2. The largest absolute Gasteiger partial charge is 0.508 e. The van der Waals surface area contributed by atoms with Crippen LogP contribution in [0.4, 0.5) is 0 Å². The minimum Gasteiger partial charge on any atom is -0.508 e. The van der Waals surface area contributed by atoms with Crippen LogP contribution in [0.15, 0.2) is 40.8 Å². The van der Waals surface area contributed by atoms with E-state index in [-0.39, 0.29) is 11.5 Å². The van der Waals surface area contributed by atoms with E-state index in [4.69, 9.17) is 14.9 Å². The van der Waals surface area contributed by atoms with Gasteiger partial charge in [-0.2, -0.15) is 0 Å². The monoisotopic (exact) mass is 314 g/mol. The fourth-order valence-electron chi connectivity index (χ4n) is 2.24. The molecule has 1 heterocycles. The van der Waals surface area contributed by atoms with Gasteiger partial charge in [-0.25, -0.2) is 4.98 Å². The third kappa shape index (κ3) is 3.37. The van der Waals surface area contributed by atoms with Crippen molar-refractivity contribution in [2.45, 2.75) is 12.8 Å². The molecule has 0 amide bonds. The molecule has 0 aliphatic rings. The Morgan fingerprint density at radius 1 is 1.09 bits per heavy atom. The smallest absolute Gasteiger partial charge is 0.227 e. The first-order valence-electron chi connectivity index (χ1n) is 7.43. The summed E-state index contributed by atoms with van der Waals surface area (Å²) in [7, 11) is 0. The molecule has 0 aliphatic carbocycles. The number of ether oxygens (including phenoxy) is 1. The minimum atomic E-state index is 0.0281. The van der Waals surface area contributed by atoms with Crippen LogP contribution in [0.1, 0.15) is 12.8 Å². The zero-order chi connectivity index (χ0) is 16.2. The molecule has 120 valence electrons. The molecule has 6 nitrogen and oxygen atoms in total. The Hall–Kier alpha value is -2.73. The number of phenols is 2. The van der Waals surface area contributed by atoms with E-state index in [1.54, 1.807) is 30.3 Å². The molecule has 2 aromatic carbocycles. The Morgan fingerprint density at radius 2 is 1.96 bits per heavy atom. The highest BCUT2D eigenvalue weighted by atomic mass is 16.5. The summed E-state index contributed by atoms with van der Waals surface area (Å²) in [5, 5.41) is 19.5. The van der Waals surface area contributed by atoms with Crippen molar-refractivity contribution >= 4 is 11.1 Å². The highest BCUT2D eigenvalue weighted by Crippen LogP contribution is 2.33. The van der Waals surface area contributed by atoms with Crippen LogP contribution in [0, 0.1) is 0 Å². The third-order valence-electron chi connectivity index (χ3n) is 3.43. The molecular formula is C17H18N2O4. The van der Waals surface area contributed by atoms with Gasteiger partial charge in [0.2, 0.25) is 5.89 Å². The van der Waals surface area contributed by atoms with E-state index < -0.39 is 0 Å². The van der Waals surface area contributed by atoms with E-state index in [1.807, 2.05) is 0 Å². The summed E-state index contributed by atoms with van der Waals surface area (Å²) in [6.45, 7) is 1.13. The number of hydrogen-bond acceptors (Lipinski definition) is 6. The van der Waals surface area contributed by atoms with Gasteiger partial charge in [0.05, 0.1) is 6.61 Å². The fourth-order valence-corrected chi connectivity index (χ4v) is 2.24. The molecule has 4 N–H and O–H groups in total. The quantitative estimate of drug-likeness (QED) is 0.604. The average molecular weight is 314 g/mol. The van der Waals surface area contributed by atoms with Crippen LogP contribution in [0.5, 0.6) is 17.2 Å². The average Bonchev–Trinajstić information content (AvgIpc) is 2.95. The van der Waals surface area contributed by atoms with Gasteiger partial charge in [0.1, 0.15) is 11.3 Å². The van der Waals surface area contributed by atoms with Gasteiger partial charge in [-0.15, -0.1) is 0 Å². The summed E-state index contributed by atoms with van der Waals surface area (Å²) < 4.78 is 11.1. The first-order chi connectivity index (χ1) is 11.2. The van der Waals surface area contributed by atoms with Gasteiger partial charge in [0.15, 0.2) is 17.1 Å². The lowest BCUT2D eigenvalue weighted by molar-refractivity contribution is 0.291. The molecule has 0 atom stereocenters. The standard InChI is InChI=1S/C17H18N2O4/c18-7-1-2-8-22-15-6-3-11(9-14(15)21)17-19-13-5-4-12(20)10-16(13)23-17/h3-6,9-10,20-21H,1-2,7-8,18H2. The van der Waals surface area contributed by atoms with E-state index in [0.717, 1.165) is 12.8 Å². The molecule has 0 spiro atoms. The molecule has 0 saturated carbocycles. The van der Waals surface area contributed by atoms with Crippen LogP contribution in [-0.4, -0.2) is 28.3 Å². The molecule has 0 aliphatic heterocycles. The number of fused-ring (bicyclic) bond motifs is 1. The van der Waals surface area contributed by atoms with Crippen LogP contribution < -0.4 is 10.5 Å². The van der Waals surface area contributed by atoms with Gasteiger partial charge >= 0.3 is 0 Å². The van der Waals surface area contributed by atoms with Gasteiger partial charge in [-0.05, 0) is 49.7 Å². The molecule has 0 bridgehead atoms. The van der Waals surface area contributed by atoms with Crippen molar-refractivity contribution in [3.05, 3.63) is 36.4 Å². The highest BCUT2D eigenvalue weighted by Gasteiger charge is 2.11. The number of benzene rings is 2. The van der Waals surface area contributed by atoms with Crippen molar-refractivity contribution in [3.63, 3.8) is 0 Å². The summed E-state index contributed by atoms with van der Waals surface area (Å²) in [6.07, 6.45) is 1.72. The molecular weight excluding hydrogens is 296 g/mol. The zero-order valence-corrected chi connectivity index (χ0v) is 12.5. The number of hydrogen-bond donors (Lipinski definition) is 3. The summed E-state index contributed by atoms with van der Waals surface area (Å²) in [4.78, 5) is 4.34. The number of aromatic hydroxyl groups is 2. The Balaban J connectivity index is 1.80. The Labute approximate surface area is 133 Å². The third-order valence-corrected chi connectivity index (χ3v) is 3.43. The van der Waals surface area contributed by atoms with E-state index in [0.29, 0.717) is 41.5 Å². The van der Waals surface area contributed by atoms with Gasteiger partial charge < -0.3 is 25.1 Å². The SMILES string of the molecule is NCCCCOc1ccc(-c2nc3ccc(O)cc3o2)cc1O. The highest BCUT2D eigenvalue weighted by molar-refractivity contribution is 5.77. The number of nitrogens with zero attached hydrogens (tertiary/aromatic N) is 1. The van der Waals surface area contributed by atoms with Crippen molar-refractivity contribution in [1.82, 2.24) is 4.98 Å². The molecule has 0 saturated heterocycles. The maximum absolute atomic E-state index is 10.1. The van der Waals surface area contributed by atoms with E-state index in [1.165, 1.54) is 6.07 Å². The van der Waals surface area contributed by atoms with Gasteiger partial charge in [-0.3, -0.25) is 0 Å². The number of rotatable bonds is 6. The van der Waals surface area contributed by atoms with Crippen molar-refractivity contribution in [1.29, 1.82) is 0 Å². The van der Waals surface area contributed by atoms with E-state index in [2.05, 4.69) is 4.98 Å². The first-order valence-corrected chi connectivity index (χ1v) is 7.43. The molecule has 1 aromatic heterocycles. The second-order valence-electron chi connectivity index (χ2n) is 5.20. The lowest BCUT2D eigenvalue weighted by Gasteiger charge is -2.08. The maximum Gasteiger partial charge on any atom is 0.227 e. The minimum absolute atomic E-state index is 0.0281. The molecule has 3 aromatic rings. The number of oxazole rings is 1. The fraction of sp³-hybridized carbons (Fsp3) is 0.235. The van der Waals surface area contributed by atoms with Crippen LogP contribution in [0.2, 0.25) is 0 Å². The number of phenolic OH excluding ortho intramolecular Hbond substituents is 2. The van der Waals surface area contributed by atoms with Crippen LogP contribution in [0.3, 0.4) is 0 Å². The first kappa shape index (κ1) is 15.2. The summed E-state index contributed by atoms with van der Waals surface area (Å²) >= 11 is 0. The molecule has 0 radical (unpaired) electrons. The predicted molar refractivity (Wildman–Crippen MR) is 86.6 cm³/mol. The second-order valence-corrected chi connectivity index (χ2v) is 5.20. The van der Waals surface area contributed by atoms with Crippen LogP contribution in [-0.2, 0) is 0 Å². The Bertz CT molecular complexity index is 813. The van der Waals surface area contributed by atoms with Gasteiger partial charge in [-0.1, -0.05) is 0 Å². The molecule has 0 unspecified atom stereocenters. The molecule has 6 heteroatoms. The van der Waals surface area contributed by atoms with Gasteiger partial charge in [0, 0.05) is 11.6 Å². The van der Waals surface area contributed by atoms with Crippen LogP contribution in [0.25, 0.3) is 22.6 Å². The normalized spacial score (nSPS) is 11.0. The molecule has 0 fully saturated rings. The van der Waals surface area contributed by atoms with Crippen molar-refractivity contribution in [2.75, 3.05) is 13.2 Å². The summed E-state index contributed by atoms with van der Waals surface area (Å²) in [5.41, 5.74) is 7.18. The summed E-state index contributed by atoms with van der Waals surface area (Å²) in [5.74, 6) is 0.930. The number of unbranched alkanes of at least 4 members (excludes halogenated alkanes) is 1. The number of nitrogens with two attached hydrogens (primary N) is 1. The Kier molecular flexibility index (Phi) is 4.34. The van der Waals surface area contributed by atoms with Crippen molar-refractivity contribution < 1.29 is 19.4 Å². The van der Waals surface area contributed by atoms with Crippen molar-refractivity contribution in [3.8, 4) is 28.7 Å². The van der Waals surface area contributed by atoms with Crippen molar-refractivity contribution in [2.24, 2.45) is 5.73 Å². The van der Waals surface area contributed by atoms with Gasteiger partial charge in [0.25, 0.3) is 0 Å². The van der Waals surface area contributed by atoms with E-state index >= 15 is 0 Å². The van der Waals surface area contributed by atoms with E-state index in [9.17, 15) is 10.2 Å². The zero-order valence-electron chi connectivity index (χ0n) is 12.5. The number of aromatic nitrogens is 1. The maximum atomic E-state index is 10.1. The Morgan fingerprint density at radius 3 is 2.74 bits per heavy atom. The second kappa shape index (κ2) is 6.58. The summed E-state index contributed by atoms with van der Waals surface area (Å²) in [6, 6.07) is 9.71. The molecule has 23 heavy (non-hydrogen) atoms. The van der Waals surface area contributed by atoms with Crippen LogP contribution >= 0.6 is 0 Å². The topological polar surface area (TPSA) is 102 Å². The molecule has 3 rings (SSSR count).